The smallest absolute Gasteiger partial charge is 0.282 e. The maximum atomic E-state index is 14.7. The van der Waals surface area contributed by atoms with Crippen LogP contribution < -0.4 is 14.8 Å². The first-order valence-corrected chi connectivity index (χ1v) is 20.2. The average molecular weight is 808 g/mol. The number of fused-ring (bicyclic) bond motifs is 1. The monoisotopic (exact) mass is 807 g/mol. The van der Waals surface area contributed by atoms with Crippen molar-refractivity contribution >= 4 is 45.4 Å². The zero-order valence-electron chi connectivity index (χ0n) is 32.3. The lowest BCUT2D eigenvalue weighted by Gasteiger charge is -2.41. The van der Waals surface area contributed by atoms with Crippen molar-refractivity contribution in [2.45, 2.75) is 82.5 Å². The molecule has 13 nitrogen and oxygen atoms in total. The third kappa shape index (κ3) is 8.05. The Morgan fingerprint density at radius 2 is 1.79 bits per heavy atom. The third-order valence-corrected chi connectivity index (χ3v) is 12.3. The Bertz CT molecular complexity index is 2180. The van der Waals surface area contributed by atoms with Gasteiger partial charge < -0.3 is 24.6 Å². The van der Waals surface area contributed by atoms with Gasteiger partial charge in [0, 0.05) is 47.9 Å². The minimum atomic E-state index is -3.28. The lowest BCUT2D eigenvalue weighted by Crippen LogP contribution is -2.59. The van der Waals surface area contributed by atoms with Gasteiger partial charge in [-0.1, -0.05) is 57.2 Å². The van der Waals surface area contributed by atoms with Gasteiger partial charge in [0.2, 0.25) is 28.6 Å². The molecule has 1 N–H and O–H groups in total. The number of nitrogens with zero attached hydrogens (tertiary/aromatic N) is 4. The van der Waals surface area contributed by atoms with E-state index in [1.165, 1.54) is 11.0 Å². The van der Waals surface area contributed by atoms with Gasteiger partial charge in [0.05, 0.1) is 43.9 Å². The van der Waals surface area contributed by atoms with E-state index in [9.17, 15) is 36.4 Å². The van der Waals surface area contributed by atoms with Gasteiger partial charge in [-0.05, 0) is 36.8 Å². The molecule has 5 atom stereocenters. The molecule has 4 amide bonds. The van der Waals surface area contributed by atoms with Crippen molar-refractivity contribution < 1.29 is 45.9 Å². The maximum Gasteiger partial charge on any atom is 0.282 e. The van der Waals surface area contributed by atoms with E-state index in [2.05, 4.69) is 11.9 Å². The fraction of sp³-hybridized carbons (Fsp3) is 0.488. The van der Waals surface area contributed by atoms with E-state index in [4.69, 9.17) is 14.5 Å². The van der Waals surface area contributed by atoms with E-state index in [0.29, 0.717) is 40.9 Å². The first-order valence-electron chi connectivity index (χ1n) is 19.0. The molecule has 0 bridgehead atoms. The van der Waals surface area contributed by atoms with Crippen molar-refractivity contribution in [3.8, 4) is 22.8 Å². The molecule has 304 valence electrons. The van der Waals surface area contributed by atoms with E-state index in [0.717, 1.165) is 14.8 Å². The van der Waals surface area contributed by atoms with Crippen LogP contribution in [0.4, 0.5) is 8.78 Å². The van der Waals surface area contributed by atoms with Crippen LogP contribution in [0.5, 0.6) is 11.5 Å². The number of thiol groups is 1. The topological polar surface area (TPSA) is 156 Å². The molecule has 1 aromatic heterocycles. The number of carbonyl (C=O) groups excluding carboxylic acids is 4. The standard InChI is InChI=1S/C41H47F2N5O8S/c1-6-25-20-41(25,38(52)48(57(53)54)26-12-13-26)45-36(50)33-17-28(21-47(33)37(51)30(39(2,3)4)18-35(49)46-22-40(42,43)23-46)56-34-19-31(24-10-8-7-9-11-24)44-32-16-27(55-5)14-15-29(32)34/h6-11,14-16,19,25-26,28,30,33,57H,1,12-13,17-18,20-23H2,2-5H3,(H,45,50)/t25?,28-,30-,33+,41-/m1/s1. The fourth-order valence-corrected chi connectivity index (χ4v) is 8.71. The van der Waals surface area contributed by atoms with Crippen LogP contribution in [0.3, 0.4) is 0 Å². The number of benzene rings is 2. The number of carbonyl (C=O) groups is 4. The molecular weight excluding hydrogens is 761 g/mol. The van der Waals surface area contributed by atoms with Gasteiger partial charge in [-0.3, -0.25) is 19.2 Å². The van der Waals surface area contributed by atoms with Crippen molar-refractivity contribution in [1.82, 2.24) is 24.4 Å². The summed E-state index contributed by atoms with van der Waals surface area (Å²) < 4.78 is 64.9. The molecule has 1 unspecified atom stereocenters. The highest BCUT2D eigenvalue weighted by molar-refractivity contribution is 7.70. The Morgan fingerprint density at radius 3 is 2.37 bits per heavy atom. The van der Waals surface area contributed by atoms with Gasteiger partial charge >= 0.3 is 0 Å². The SMILES string of the molecule is C=CC1C[C@]1(NC(=O)[C@@H]1C[C@@H](Oc2cc(-c3ccccc3)nc3cc(OC)ccc23)CN1C(=O)[C@@H](CC(=O)N1CC(F)(F)C1)C(C)(C)C)C(=O)N(C1CC1)[SH](=O)=O. The highest BCUT2D eigenvalue weighted by Crippen LogP contribution is 2.48. The van der Waals surface area contributed by atoms with Crippen molar-refractivity contribution in [1.29, 1.82) is 0 Å². The van der Waals surface area contributed by atoms with Crippen LogP contribution in [0.2, 0.25) is 0 Å². The zero-order chi connectivity index (χ0) is 41.0. The number of ether oxygens (including phenoxy) is 2. The molecule has 0 radical (unpaired) electrons. The summed E-state index contributed by atoms with van der Waals surface area (Å²) >= 11 is 0. The van der Waals surface area contributed by atoms with Crippen LogP contribution in [-0.4, -0.2) is 108 Å². The van der Waals surface area contributed by atoms with Gasteiger partial charge in [-0.2, -0.15) is 0 Å². The van der Waals surface area contributed by atoms with Crippen LogP contribution in [0.1, 0.15) is 52.9 Å². The molecule has 2 saturated carbocycles. The number of rotatable bonds is 13. The van der Waals surface area contributed by atoms with Gasteiger partial charge in [0.1, 0.15) is 29.2 Å². The molecule has 2 aromatic carbocycles. The van der Waals surface area contributed by atoms with Crippen LogP contribution in [0.15, 0.2) is 67.3 Å². The van der Waals surface area contributed by atoms with Gasteiger partial charge in [-0.25, -0.2) is 26.5 Å². The first kappa shape index (κ1) is 40.1. The highest BCUT2D eigenvalue weighted by atomic mass is 32.2. The number of pyridine rings is 1. The zero-order valence-corrected chi connectivity index (χ0v) is 33.2. The van der Waals surface area contributed by atoms with E-state index in [-0.39, 0.29) is 25.8 Å². The summed E-state index contributed by atoms with van der Waals surface area (Å²) in [5.41, 5.74) is -0.401. The van der Waals surface area contributed by atoms with Gasteiger partial charge in [0.15, 0.2) is 0 Å². The number of amides is 4. The molecule has 7 rings (SSSR count). The lowest BCUT2D eigenvalue weighted by atomic mass is 9.77. The molecule has 57 heavy (non-hydrogen) atoms. The van der Waals surface area contributed by atoms with Crippen LogP contribution in [-0.2, 0) is 30.1 Å². The third-order valence-electron chi connectivity index (χ3n) is 11.4. The van der Waals surface area contributed by atoms with Crippen molar-refractivity contribution in [3.05, 3.63) is 67.3 Å². The summed E-state index contributed by atoms with van der Waals surface area (Å²) in [4.78, 5) is 63.6. The number of aromatic nitrogens is 1. The van der Waals surface area contributed by atoms with Crippen LogP contribution >= 0.6 is 0 Å². The molecule has 2 aliphatic heterocycles. The molecule has 4 fully saturated rings. The Kier molecular flexibility index (Phi) is 10.5. The Morgan fingerprint density at radius 1 is 1.09 bits per heavy atom. The lowest BCUT2D eigenvalue weighted by molar-refractivity contribution is -0.169. The number of methoxy groups -OCH3 is 1. The molecule has 4 aliphatic rings. The summed E-state index contributed by atoms with van der Waals surface area (Å²) in [7, 11) is -1.73. The number of hydrogen-bond donors (Lipinski definition) is 2. The Labute approximate surface area is 331 Å². The largest absolute Gasteiger partial charge is 0.497 e. The molecule has 2 saturated heterocycles. The molecule has 2 aliphatic carbocycles. The summed E-state index contributed by atoms with van der Waals surface area (Å²) in [6, 6.07) is 14.9. The van der Waals surface area contributed by atoms with Crippen molar-refractivity contribution in [2.24, 2.45) is 17.3 Å². The number of nitrogens with one attached hydrogen (secondary N) is 1. The maximum absolute atomic E-state index is 14.7. The fourth-order valence-electron chi connectivity index (χ4n) is 7.88. The quantitative estimate of drug-likeness (QED) is 0.189. The van der Waals surface area contributed by atoms with Crippen LogP contribution in [0, 0.1) is 17.3 Å². The molecule has 3 heterocycles. The molecule has 3 aromatic rings. The molecule has 0 spiro atoms. The number of halogens is 2. The van der Waals surface area contributed by atoms with E-state index in [1.807, 2.05) is 30.3 Å². The summed E-state index contributed by atoms with van der Waals surface area (Å²) in [5.74, 6) is -6.14. The Hall–Kier alpha value is -5.12. The second-order valence-electron chi connectivity index (χ2n) is 16.6. The number of likely N-dealkylation sites (tertiary alicyclic amines) is 2. The minimum Gasteiger partial charge on any atom is -0.497 e. The average Bonchev–Trinajstić information content (AvgIpc) is 4.08. The van der Waals surface area contributed by atoms with Crippen molar-refractivity contribution in [2.75, 3.05) is 26.7 Å². The Balaban J connectivity index is 1.22. The minimum absolute atomic E-state index is 0.0213. The summed E-state index contributed by atoms with van der Waals surface area (Å²) in [5, 5.41) is 3.48. The van der Waals surface area contributed by atoms with Gasteiger partial charge in [0.25, 0.3) is 11.8 Å². The highest BCUT2D eigenvalue weighted by Gasteiger charge is 2.63. The summed E-state index contributed by atoms with van der Waals surface area (Å²) in [6.07, 6.45) is 1.51. The number of alkyl halides is 2. The number of hydrogen-bond acceptors (Lipinski definition) is 9. The predicted molar refractivity (Wildman–Crippen MR) is 207 cm³/mol. The van der Waals surface area contributed by atoms with E-state index >= 15 is 0 Å². The van der Waals surface area contributed by atoms with Gasteiger partial charge in [-0.15, -0.1) is 6.58 Å². The van der Waals surface area contributed by atoms with Crippen LogP contribution in [0.25, 0.3) is 22.2 Å². The van der Waals surface area contributed by atoms with E-state index < -0.39 is 94.5 Å². The normalized spacial score (nSPS) is 24.4. The van der Waals surface area contributed by atoms with E-state index in [1.54, 1.807) is 52.1 Å². The second kappa shape index (κ2) is 15.0. The first-order chi connectivity index (χ1) is 26.9. The van der Waals surface area contributed by atoms with Crippen molar-refractivity contribution in [3.63, 3.8) is 0 Å². The summed E-state index contributed by atoms with van der Waals surface area (Å²) in [6.45, 7) is 7.53. The molecule has 16 heteroatoms. The predicted octanol–water partition coefficient (Wildman–Crippen LogP) is 4.37. The second-order valence-corrected chi connectivity index (χ2v) is 17.5. The molecular formula is C41H47F2N5O8S.